The Hall–Kier alpha value is -3.16. The Morgan fingerprint density at radius 2 is 1.83 bits per heavy atom. The summed E-state index contributed by atoms with van der Waals surface area (Å²) in [6.07, 6.45) is 1.79. The molecule has 2 aromatic carbocycles. The fourth-order valence-electron chi connectivity index (χ4n) is 3.13. The Kier molecular flexibility index (Phi) is 6.11. The first-order valence-electron chi connectivity index (χ1n) is 9.29. The van der Waals surface area contributed by atoms with Crippen molar-refractivity contribution in [1.82, 2.24) is 25.2 Å². The highest BCUT2D eigenvalue weighted by molar-refractivity contribution is 6.43. The smallest absolute Gasteiger partial charge is 0.248 e. The summed E-state index contributed by atoms with van der Waals surface area (Å²) in [6, 6.07) is 19.5. The summed E-state index contributed by atoms with van der Waals surface area (Å²) < 4.78 is 1.53. The van der Waals surface area contributed by atoms with E-state index in [1.54, 1.807) is 24.4 Å². The molecular formula is C21H19Cl2N7. The van der Waals surface area contributed by atoms with Gasteiger partial charge in [-0.15, -0.1) is 0 Å². The van der Waals surface area contributed by atoms with Gasteiger partial charge in [-0.3, -0.25) is 0 Å². The number of halogens is 2. The molecule has 4 rings (SSSR count). The van der Waals surface area contributed by atoms with Crippen LogP contribution in [-0.2, 0) is 13.1 Å². The van der Waals surface area contributed by atoms with E-state index in [-0.39, 0.29) is 0 Å². The van der Waals surface area contributed by atoms with E-state index in [1.165, 1.54) is 10.2 Å². The number of nitrogens with one attached hydrogen (secondary N) is 1. The van der Waals surface area contributed by atoms with Gasteiger partial charge in [-0.1, -0.05) is 70.8 Å². The van der Waals surface area contributed by atoms with Gasteiger partial charge in [0.2, 0.25) is 5.95 Å². The molecular weight excluding hydrogens is 421 g/mol. The van der Waals surface area contributed by atoms with Gasteiger partial charge >= 0.3 is 0 Å². The molecule has 0 fully saturated rings. The second-order valence-corrected chi connectivity index (χ2v) is 7.45. The SMILES string of the molecule is CN(Cc1ccccc1)c1ncccc1CNc1nnnn1-c1cccc(Cl)c1Cl. The molecule has 2 aromatic heterocycles. The highest BCUT2D eigenvalue weighted by atomic mass is 35.5. The van der Waals surface area contributed by atoms with E-state index in [0.717, 1.165) is 17.9 Å². The quantitative estimate of drug-likeness (QED) is 0.453. The number of tetrazole rings is 1. The lowest BCUT2D eigenvalue weighted by molar-refractivity contribution is 0.789. The summed E-state index contributed by atoms with van der Waals surface area (Å²) in [6.45, 7) is 1.24. The summed E-state index contributed by atoms with van der Waals surface area (Å²) in [5.41, 5.74) is 2.83. The summed E-state index contributed by atoms with van der Waals surface area (Å²) in [5, 5.41) is 16.0. The molecule has 0 amide bonds. The molecule has 0 aliphatic rings. The molecule has 1 N–H and O–H groups in total. The van der Waals surface area contributed by atoms with Crippen LogP contribution in [0.4, 0.5) is 11.8 Å². The van der Waals surface area contributed by atoms with Crippen LogP contribution in [-0.4, -0.2) is 32.2 Å². The van der Waals surface area contributed by atoms with E-state index in [4.69, 9.17) is 23.2 Å². The van der Waals surface area contributed by atoms with E-state index in [0.29, 0.717) is 28.2 Å². The van der Waals surface area contributed by atoms with Crippen molar-refractivity contribution in [2.75, 3.05) is 17.3 Å². The number of rotatable bonds is 7. The highest BCUT2D eigenvalue weighted by Gasteiger charge is 2.15. The van der Waals surface area contributed by atoms with Crippen molar-refractivity contribution >= 4 is 35.0 Å². The van der Waals surface area contributed by atoms with Crippen LogP contribution in [0.15, 0.2) is 66.9 Å². The maximum Gasteiger partial charge on any atom is 0.248 e. The Labute approximate surface area is 184 Å². The van der Waals surface area contributed by atoms with Crippen LogP contribution in [0, 0.1) is 0 Å². The largest absolute Gasteiger partial charge is 0.355 e. The molecule has 0 bridgehead atoms. The number of anilines is 2. The molecule has 7 nitrogen and oxygen atoms in total. The second kappa shape index (κ2) is 9.11. The maximum atomic E-state index is 6.32. The zero-order chi connectivity index (χ0) is 20.9. The Balaban J connectivity index is 1.53. The normalized spacial score (nSPS) is 10.8. The number of pyridine rings is 1. The average Bonchev–Trinajstić information content (AvgIpc) is 3.23. The van der Waals surface area contributed by atoms with Gasteiger partial charge in [0, 0.05) is 31.9 Å². The van der Waals surface area contributed by atoms with Gasteiger partial charge in [0.25, 0.3) is 0 Å². The standard InChI is InChI=1S/C21H19Cl2N7/c1-29(14-15-7-3-2-4-8-15)20-16(9-6-12-24-20)13-25-21-26-27-28-30(21)18-11-5-10-17(22)19(18)23/h2-12H,13-14H2,1H3,(H,25,26,28). The third kappa shape index (κ3) is 4.37. The van der Waals surface area contributed by atoms with E-state index >= 15 is 0 Å². The minimum Gasteiger partial charge on any atom is -0.355 e. The summed E-state index contributed by atoms with van der Waals surface area (Å²) in [7, 11) is 2.02. The topological polar surface area (TPSA) is 71.8 Å². The highest BCUT2D eigenvalue weighted by Crippen LogP contribution is 2.29. The van der Waals surface area contributed by atoms with Gasteiger partial charge in [-0.2, -0.15) is 4.68 Å². The molecule has 0 radical (unpaired) electrons. The molecule has 0 atom stereocenters. The summed E-state index contributed by atoms with van der Waals surface area (Å²) in [5.74, 6) is 1.34. The van der Waals surface area contributed by atoms with Crippen LogP contribution in [0.25, 0.3) is 5.69 Å². The van der Waals surface area contributed by atoms with Gasteiger partial charge in [-0.25, -0.2) is 4.98 Å². The lowest BCUT2D eigenvalue weighted by Crippen LogP contribution is -2.20. The van der Waals surface area contributed by atoms with Gasteiger partial charge in [-0.05, 0) is 34.2 Å². The third-order valence-electron chi connectivity index (χ3n) is 4.56. The van der Waals surface area contributed by atoms with Crippen molar-refractivity contribution < 1.29 is 0 Å². The molecule has 0 saturated carbocycles. The van der Waals surface area contributed by atoms with Crippen molar-refractivity contribution in [3.63, 3.8) is 0 Å². The van der Waals surface area contributed by atoms with Gasteiger partial charge < -0.3 is 10.2 Å². The van der Waals surface area contributed by atoms with Crippen molar-refractivity contribution in [1.29, 1.82) is 0 Å². The van der Waals surface area contributed by atoms with E-state index in [9.17, 15) is 0 Å². The van der Waals surface area contributed by atoms with Crippen LogP contribution >= 0.6 is 23.2 Å². The fraction of sp³-hybridized carbons (Fsp3) is 0.143. The molecule has 2 heterocycles. The van der Waals surface area contributed by atoms with Gasteiger partial charge in [0.15, 0.2) is 0 Å². The van der Waals surface area contributed by atoms with Crippen LogP contribution in [0.2, 0.25) is 10.0 Å². The van der Waals surface area contributed by atoms with Crippen molar-refractivity contribution in [2.45, 2.75) is 13.1 Å². The number of hydrogen-bond donors (Lipinski definition) is 1. The molecule has 0 aliphatic heterocycles. The Morgan fingerprint density at radius 3 is 2.67 bits per heavy atom. The van der Waals surface area contributed by atoms with Gasteiger partial charge in [0.05, 0.1) is 15.7 Å². The minimum absolute atomic E-state index is 0.388. The first-order valence-corrected chi connectivity index (χ1v) is 10.0. The monoisotopic (exact) mass is 439 g/mol. The lowest BCUT2D eigenvalue weighted by Gasteiger charge is -2.21. The molecule has 0 saturated heterocycles. The zero-order valence-electron chi connectivity index (χ0n) is 16.2. The van der Waals surface area contributed by atoms with Gasteiger partial charge in [0.1, 0.15) is 5.82 Å². The number of nitrogens with zero attached hydrogens (tertiary/aromatic N) is 6. The van der Waals surface area contributed by atoms with Crippen LogP contribution < -0.4 is 10.2 Å². The molecule has 0 unspecified atom stereocenters. The van der Waals surface area contributed by atoms with E-state index in [1.807, 2.05) is 37.4 Å². The first-order chi connectivity index (χ1) is 14.6. The fourth-order valence-corrected chi connectivity index (χ4v) is 3.51. The summed E-state index contributed by atoms with van der Waals surface area (Å²) >= 11 is 12.5. The van der Waals surface area contributed by atoms with Crippen molar-refractivity contribution in [3.05, 3.63) is 88.0 Å². The maximum absolute atomic E-state index is 6.32. The predicted octanol–water partition coefficient (Wildman–Crippen LogP) is 4.61. The number of aromatic nitrogens is 5. The molecule has 0 spiro atoms. The van der Waals surface area contributed by atoms with E-state index < -0.39 is 0 Å². The summed E-state index contributed by atoms with van der Waals surface area (Å²) in [4.78, 5) is 6.68. The predicted molar refractivity (Wildman–Crippen MR) is 119 cm³/mol. The molecule has 30 heavy (non-hydrogen) atoms. The molecule has 4 aromatic rings. The zero-order valence-corrected chi connectivity index (χ0v) is 17.7. The Bertz CT molecular complexity index is 1130. The van der Waals surface area contributed by atoms with Crippen molar-refractivity contribution in [3.8, 4) is 5.69 Å². The molecule has 152 valence electrons. The third-order valence-corrected chi connectivity index (χ3v) is 5.37. The van der Waals surface area contributed by atoms with Crippen LogP contribution in [0.1, 0.15) is 11.1 Å². The number of benzene rings is 2. The molecule has 9 heteroatoms. The lowest BCUT2D eigenvalue weighted by atomic mass is 10.2. The Morgan fingerprint density at radius 1 is 1.00 bits per heavy atom. The van der Waals surface area contributed by atoms with Crippen molar-refractivity contribution in [2.24, 2.45) is 0 Å². The average molecular weight is 440 g/mol. The second-order valence-electron chi connectivity index (χ2n) is 6.67. The molecule has 0 aliphatic carbocycles. The van der Waals surface area contributed by atoms with Crippen LogP contribution in [0.3, 0.4) is 0 Å². The number of hydrogen-bond acceptors (Lipinski definition) is 6. The van der Waals surface area contributed by atoms with Crippen LogP contribution in [0.5, 0.6) is 0 Å². The first kappa shape index (κ1) is 20.1. The van der Waals surface area contributed by atoms with E-state index in [2.05, 4.69) is 42.9 Å². The minimum atomic E-state index is 0.388.